The van der Waals surface area contributed by atoms with Gasteiger partial charge in [0.15, 0.2) is 0 Å². The Bertz CT molecular complexity index is 1430. The van der Waals surface area contributed by atoms with E-state index < -0.39 is 10.0 Å². The summed E-state index contributed by atoms with van der Waals surface area (Å²) >= 11 is 6.08. The van der Waals surface area contributed by atoms with Crippen molar-refractivity contribution in [1.29, 1.82) is 0 Å². The molecule has 0 radical (unpaired) electrons. The number of para-hydroxylation sites is 1. The number of sulfonamides is 1. The molecule has 0 bridgehead atoms. The summed E-state index contributed by atoms with van der Waals surface area (Å²) in [5, 5.41) is 0.594. The van der Waals surface area contributed by atoms with E-state index in [2.05, 4.69) is 4.72 Å². The van der Waals surface area contributed by atoms with E-state index in [0.29, 0.717) is 42.3 Å². The Morgan fingerprint density at radius 1 is 1.05 bits per heavy atom. The average Bonchev–Trinajstić information content (AvgIpc) is 2.89. The highest BCUT2D eigenvalue weighted by Crippen LogP contribution is 2.43. The molecule has 206 valence electrons. The summed E-state index contributed by atoms with van der Waals surface area (Å²) in [4.78, 5) is 30.1. The zero-order chi connectivity index (χ0) is 28.2. The van der Waals surface area contributed by atoms with Gasteiger partial charge in [0.25, 0.3) is 5.91 Å². The molecule has 0 spiro atoms. The fraction of sp³-hybridized carbons (Fsp3) is 0.310. The molecule has 0 fully saturated rings. The van der Waals surface area contributed by atoms with Crippen molar-refractivity contribution in [1.82, 2.24) is 4.72 Å². The van der Waals surface area contributed by atoms with Crippen molar-refractivity contribution >= 4 is 44.8 Å². The number of anilines is 2. The number of carbonyl (C=O) groups is 2. The van der Waals surface area contributed by atoms with Gasteiger partial charge >= 0.3 is 0 Å². The fourth-order valence-corrected chi connectivity index (χ4v) is 5.51. The van der Waals surface area contributed by atoms with Gasteiger partial charge in [-0.25, -0.2) is 13.1 Å². The molecular formula is C29H32ClN3O5S. The molecule has 3 aromatic rings. The van der Waals surface area contributed by atoms with E-state index >= 15 is 0 Å². The molecule has 2 amide bonds. The first-order valence-corrected chi connectivity index (χ1v) is 15.0. The molecule has 0 aliphatic carbocycles. The van der Waals surface area contributed by atoms with Crippen molar-refractivity contribution in [2.45, 2.75) is 38.8 Å². The van der Waals surface area contributed by atoms with Crippen LogP contribution in [0.4, 0.5) is 11.4 Å². The lowest BCUT2D eigenvalue weighted by molar-refractivity contribution is -0.117. The van der Waals surface area contributed by atoms with Gasteiger partial charge in [0.1, 0.15) is 5.75 Å². The molecule has 2 unspecified atom stereocenters. The van der Waals surface area contributed by atoms with Crippen LogP contribution in [0.5, 0.6) is 5.75 Å². The van der Waals surface area contributed by atoms with Crippen molar-refractivity contribution in [3.05, 3.63) is 88.9 Å². The minimum Gasteiger partial charge on any atom is -0.494 e. The lowest BCUT2D eigenvalue weighted by Crippen LogP contribution is -2.47. The molecule has 8 nitrogen and oxygen atoms in total. The number of fused-ring (bicyclic) bond motifs is 1. The Morgan fingerprint density at radius 2 is 1.72 bits per heavy atom. The lowest BCUT2D eigenvalue weighted by atomic mass is 9.89. The lowest BCUT2D eigenvalue weighted by Gasteiger charge is -2.43. The molecule has 1 N–H and O–H groups in total. The molecule has 1 aliphatic rings. The average molecular weight is 570 g/mol. The number of benzene rings is 3. The van der Waals surface area contributed by atoms with Gasteiger partial charge in [-0.05, 0) is 79.9 Å². The van der Waals surface area contributed by atoms with Crippen LogP contribution in [0.25, 0.3) is 0 Å². The molecule has 10 heteroatoms. The summed E-state index contributed by atoms with van der Waals surface area (Å²) in [6.45, 7) is 4.17. The summed E-state index contributed by atoms with van der Waals surface area (Å²) in [6.07, 6.45) is 2.20. The molecule has 3 aromatic carbocycles. The Hall–Kier alpha value is -3.40. The number of ether oxygens (including phenoxy) is 1. The first kappa shape index (κ1) is 28.6. The van der Waals surface area contributed by atoms with E-state index in [1.807, 2.05) is 43.3 Å². The minimum absolute atomic E-state index is 0.0909. The van der Waals surface area contributed by atoms with Gasteiger partial charge in [0.05, 0.1) is 18.9 Å². The van der Waals surface area contributed by atoms with Crippen LogP contribution in [0, 0.1) is 0 Å². The van der Waals surface area contributed by atoms with Gasteiger partial charge in [0.2, 0.25) is 15.9 Å². The highest BCUT2D eigenvalue weighted by molar-refractivity contribution is 7.88. The second kappa shape index (κ2) is 12.2. The predicted octanol–water partition coefficient (Wildman–Crippen LogP) is 5.19. The van der Waals surface area contributed by atoms with Gasteiger partial charge in [-0.15, -0.1) is 0 Å². The molecule has 0 saturated carbocycles. The molecule has 0 saturated heterocycles. The molecule has 1 aliphatic heterocycles. The minimum atomic E-state index is -3.22. The quantitative estimate of drug-likeness (QED) is 0.358. The van der Waals surface area contributed by atoms with E-state index in [9.17, 15) is 18.0 Å². The smallest absolute Gasteiger partial charge is 0.258 e. The molecule has 39 heavy (non-hydrogen) atoms. The highest BCUT2D eigenvalue weighted by atomic mass is 35.5. The van der Waals surface area contributed by atoms with E-state index in [0.717, 1.165) is 23.2 Å². The molecular weight excluding hydrogens is 538 g/mol. The summed E-state index contributed by atoms with van der Waals surface area (Å²) in [5.74, 6) is 0.364. The standard InChI is InChI=1S/C29H32ClN3O5S/c1-20-19-28(33(21(2)34)24-13-11-23(30)12-14-24)26-7-4-5-8-27(26)32(20)29(35)22-9-15-25(16-10-22)38-18-6-17-31-39(3,36)37/h4-5,7-16,20,28,31H,6,17-19H2,1-3H3. The van der Waals surface area contributed by atoms with Crippen molar-refractivity contribution in [2.75, 3.05) is 29.2 Å². The van der Waals surface area contributed by atoms with Gasteiger partial charge in [-0.1, -0.05) is 29.8 Å². The van der Waals surface area contributed by atoms with Gasteiger partial charge in [-0.2, -0.15) is 0 Å². The van der Waals surface area contributed by atoms with E-state index in [1.54, 1.807) is 53.1 Å². The van der Waals surface area contributed by atoms with Crippen molar-refractivity contribution in [3.63, 3.8) is 0 Å². The number of carbonyl (C=O) groups excluding carboxylic acids is 2. The van der Waals surface area contributed by atoms with Crippen LogP contribution < -0.4 is 19.3 Å². The Morgan fingerprint density at radius 3 is 2.36 bits per heavy atom. The number of nitrogens with one attached hydrogen (secondary N) is 1. The summed E-state index contributed by atoms with van der Waals surface area (Å²) in [5.41, 5.74) is 2.94. The third-order valence-corrected chi connectivity index (χ3v) is 7.57. The number of hydrogen-bond donors (Lipinski definition) is 1. The largest absolute Gasteiger partial charge is 0.494 e. The van der Waals surface area contributed by atoms with Crippen LogP contribution in [0.1, 0.15) is 48.7 Å². The Labute approximate surface area is 234 Å². The van der Waals surface area contributed by atoms with Crippen LogP contribution in [-0.4, -0.2) is 45.7 Å². The summed E-state index contributed by atoms with van der Waals surface area (Å²) in [7, 11) is -3.22. The van der Waals surface area contributed by atoms with Crippen LogP contribution in [0.15, 0.2) is 72.8 Å². The van der Waals surface area contributed by atoms with Crippen LogP contribution in [0.3, 0.4) is 0 Å². The van der Waals surface area contributed by atoms with Crippen LogP contribution in [-0.2, 0) is 14.8 Å². The van der Waals surface area contributed by atoms with Crippen LogP contribution >= 0.6 is 11.6 Å². The fourth-order valence-electron chi connectivity index (χ4n) is 4.87. The zero-order valence-electron chi connectivity index (χ0n) is 22.1. The maximum atomic E-state index is 13.7. The normalized spacial score (nSPS) is 16.9. The van der Waals surface area contributed by atoms with Crippen molar-refractivity contribution in [2.24, 2.45) is 0 Å². The SMILES string of the molecule is CC(=O)N(c1ccc(Cl)cc1)C1CC(C)N(C(=O)c2ccc(OCCCNS(C)(=O)=O)cc2)c2ccccc21. The van der Waals surface area contributed by atoms with Gasteiger partial charge in [0, 0.05) is 41.5 Å². The molecule has 2 atom stereocenters. The topological polar surface area (TPSA) is 96.0 Å². The first-order valence-electron chi connectivity index (χ1n) is 12.7. The highest BCUT2D eigenvalue weighted by Gasteiger charge is 2.38. The molecule has 1 heterocycles. The van der Waals surface area contributed by atoms with E-state index in [-0.39, 0.29) is 23.9 Å². The zero-order valence-corrected chi connectivity index (χ0v) is 23.7. The van der Waals surface area contributed by atoms with E-state index in [4.69, 9.17) is 16.3 Å². The van der Waals surface area contributed by atoms with Crippen molar-refractivity contribution in [3.8, 4) is 5.75 Å². The molecule has 0 aromatic heterocycles. The second-order valence-electron chi connectivity index (χ2n) is 9.59. The Balaban J connectivity index is 1.53. The predicted molar refractivity (Wildman–Crippen MR) is 154 cm³/mol. The van der Waals surface area contributed by atoms with Gasteiger partial charge in [-0.3, -0.25) is 9.59 Å². The van der Waals surface area contributed by atoms with Crippen LogP contribution in [0.2, 0.25) is 5.02 Å². The number of hydrogen-bond acceptors (Lipinski definition) is 5. The third-order valence-electron chi connectivity index (χ3n) is 6.59. The summed E-state index contributed by atoms with van der Waals surface area (Å²) in [6, 6.07) is 21.4. The monoisotopic (exact) mass is 569 g/mol. The van der Waals surface area contributed by atoms with E-state index in [1.165, 1.54) is 0 Å². The first-order chi connectivity index (χ1) is 18.5. The maximum Gasteiger partial charge on any atom is 0.258 e. The number of amides is 2. The number of halogens is 1. The van der Waals surface area contributed by atoms with Crippen molar-refractivity contribution < 1.29 is 22.7 Å². The third kappa shape index (κ3) is 6.98. The molecule has 4 rings (SSSR count). The Kier molecular flexibility index (Phi) is 8.94. The second-order valence-corrected chi connectivity index (χ2v) is 11.9. The number of rotatable bonds is 9. The van der Waals surface area contributed by atoms with Gasteiger partial charge < -0.3 is 14.5 Å². The number of nitrogens with zero attached hydrogens (tertiary/aromatic N) is 2. The summed E-state index contributed by atoms with van der Waals surface area (Å²) < 4.78 is 30.4. The maximum absolute atomic E-state index is 13.7.